The third-order valence-electron chi connectivity index (χ3n) is 3.32. The van der Waals surface area contributed by atoms with E-state index in [2.05, 4.69) is 10.4 Å². The monoisotopic (exact) mass is 365 g/mol. The number of anilines is 1. The lowest BCUT2D eigenvalue weighted by molar-refractivity contribution is 0.102. The summed E-state index contributed by atoms with van der Waals surface area (Å²) in [6.45, 7) is -0.560. The van der Waals surface area contributed by atoms with Gasteiger partial charge in [0.2, 0.25) is 11.6 Å². The van der Waals surface area contributed by atoms with Crippen LogP contribution >= 0.6 is 0 Å². The Hall–Kier alpha value is -3.36. The molecule has 26 heavy (non-hydrogen) atoms. The molecule has 1 N–H and O–H groups in total. The van der Waals surface area contributed by atoms with Crippen molar-refractivity contribution in [3.05, 3.63) is 77.6 Å². The maximum Gasteiger partial charge on any atom is 0.276 e. The first-order valence-electron chi connectivity index (χ1n) is 7.31. The van der Waals surface area contributed by atoms with E-state index in [1.165, 1.54) is 12.3 Å². The van der Waals surface area contributed by atoms with Gasteiger partial charge in [-0.3, -0.25) is 4.79 Å². The van der Waals surface area contributed by atoms with Crippen molar-refractivity contribution in [1.82, 2.24) is 9.78 Å². The average molecular weight is 365 g/mol. The highest BCUT2D eigenvalue weighted by molar-refractivity contribution is 6.02. The molecule has 5 nitrogen and oxygen atoms in total. The van der Waals surface area contributed by atoms with Crippen molar-refractivity contribution in [2.24, 2.45) is 0 Å². The molecule has 0 saturated heterocycles. The second-order valence-corrected chi connectivity index (χ2v) is 5.13. The first kappa shape index (κ1) is 17.5. The molecule has 0 aliphatic carbocycles. The van der Waals surface area contributed by atoms with E-state index in [9.17, 15) is 22.4 Å². The fourth-order valence-electron chi connectivity index (χ4n) is 2.08. The van der Waals surface area contributed by atoms with Crippen LogP contribution in [-0.2, 0) is 6.73 Å². The standard InChI is InChI=1S/C17H11F4N3O2/c18-11-8-12(19)15(21)16(14(11)20)26-9-24-7-6-13(23-24)17(25)22-10-4-2-1-3-5-10/h1-8H,9H2,(H,22,25). The lowest BCUT2D eigenvalue weighted by atomic mass is 10.3. The molecule has 1 aromatic heterocycles. The van der Waals surface area contributed by atoms with Gasteiger partial charge in [-0.15, -0.1) is 0 Å². The maximum absolute atomic E-state index is 13.5. The van der Waals surface area contributed by atoms with Gasteiger partial charge < -0.3 is 10.1 Å². The first-order valence-corrected chi connectivity index (χ1v) is 7.31. The molecule has 0 bridgehead atoms. The van der Waals surface area contributed by atoms with Crippen molar-refractivity contribution in [1.29, 1.82) is 0 Å². The third kappa shape index (κ3) is 3.66. The van der Waals surface area contributed by atoms with Crippen LogP contribution in [0.15, 0.2) is 48.7 Å². The Morgan fingerprint density at radius 2 is 1.69 bits per heavy atom. The van der Waals surface area contributed by atoms with E-state index in [0.29, 0.717) is 5.69 Å². The first-order chi connectivity index (χ1) is 12.5. The van der Waals surface area contributed by atoms with Crippen molar-refractivity contribution in [3.63, 3.8) is 0 Å². The molecule has 0 fully saturated rings. The summed E-state index contributed by atoms with van der Waals surface area (Å²) in [5, 5.41) is 6.48. The van der Waals surface area contributed by atoms with Crippen LogP contribution in [0.1, 0.15) is 10.5 Å². The topological polar surface area (TPSA) is 56.2 Å². The van der Waals surface area contributed by atoms with Crippen LogP contribution in [0.5, 0.6) is 5.75 Å². The number of halogens is 4. The molecule has 0 atom stereocenters. The minimum atomic E-state index is -1.65. The van der Waals surface area contributed by atoms with Gasteiger partial charge in [-0.1, -0.05) is 18.2 Å². The summed E-state index contributed by atoms with van der Waals surface area (Å²) in [6.07, 6.45) is 1.31. The number of rotatable bonds is 5. The largest absolute Gasteiger partial charge is 0.465 e. The predicted octanol–water partition coefficient (Wildman–Crippen LogP) is 3.73. The molecule has 0 aliphatic heterocycles. The van der Waals surface area contributed by atoms with Crippen LogP contribution in [0, 0.1) is 23.3 Å². The van der Waals surface area contributed by atoms with E-state index in [1.54, 1.807) is 30.3 Å². The van der Waals surface area contributed by atoms with Gasteiger partial charge in [0.05, 0.1) is 0 Å². The molecule has 0 saturated carbocycles. The van der Waals surface area contributed by atoms with Crippen LogP contribution < -0.4 is 10.1 Å². The molecule has 0 spiro atoms. The average Bonchev–Trinajstić information content (AvgIpc) is 3.10. The van der Waals surface area contributed by atoms with Crippen molar-refractivity contribution in [3.8, 4) is 5.75 Å². The molecule has 0 unspecified atom stereocenters. The maximum atomic E-state index is 13.5. The highest BCUT2D eigenvalue weighted by Gasteiger charge is 2.21. The zero-order valence-corrected chi connectivity index (χ0v) is 13.0. The van der Waals surface area contributed by atoms with Crippen LogP contribution in [0.25, 0.3) is 0 Å². The molecule has 0 radical (unpaired) electrons. The minimum absolute atomic E-state index is 0.0174. The molecule has 2 aromatic carbocycles. The molecular weight excluding hydrogens is 354 g/mol. The third-order valence-corrected chi connectivity index (χ3v) is 3.32. The number of amides is 1. The van der Waals surface area contributed by atoms with Crippen molar-refractivity contribution in [2.75, 3.05) is 5.32 Å². The number of carbonyl (C=O) groups excluding carboxylic acids is 1. The summed E-state index contributed by atoms with van der Waals surface area (Å²) in [5.41, 5.74) is 0.575. The number of benzene rings is 2. The van der Waals surface area contributed by atoms with Gasteiger partial charge in [-0.2, -0.15) is 13.9 Å². The summed E-state index contributed by atoms with van der Waals surface area (Å²) in [5.74, 6) is -8.18. The number of aromatic nitrogens is 2. The van der Waals surface area contributed by atoms with Crippen molar-refractivity contribution < 1.29 is 27.1 Å². The number of carbonyl (C=O) groups is 1. The fraction of sp³-hybridized carbons (Fsp3) is 0.0588. The van der Waals surface area contributed by atoms with Gasteiger partial charge in [0.15, 0.2) is 29.8 Å². The highest BCUT2D eigenvalue weighted by atomic mass is 19.2. The quantitative estimate of drug-likeness (QED) is 0.554. The molecule has 3 aromatic rings. The minimum Gasteiger partial charge on any atom is -0.465 e. The number of hydrogen-bond donors (Lipinski definition) is 1. The predicted molar refractivity (Wildman–Crippen MR) is 83.5 cm³/mol. The number of para-hydroxylation sites is 1. The van der Waals surface area contributed by atoms with E-state index in [1.807, 2.05) is 0 Å². The van der Waals surface area contributed by atoms with Crippen molar-refractivity contribution in [2.45, 2.75) is 6.73 Å². The van der Waals surface area contributed by atoms with E-state index in [0.717, 1.165) is 4.68 Å². The van der Waals surface area contributed by atoms with Crippen LogP contribution in [-0.4, -0.2) is 15.7 Å². The summed E-state index contributed by atoms with van der Waals surface area (Å²) in [4.78, 5) is 12.1. The second-order valence-electron chi connectivity index (χ2n) is 5.13. The van der Waals surface area contributed by atoms with E-state index >= 15 is 0 Å². The van der Waals surface area contributed by atoms with E-state index < -0.39 is 41.7 Å². The lowest BCUT2D eigenvalue weighted by Gasteiger charge is -2.09. The normalized spacial score (nSPS) is 10.6. The zero-order chi connectivity index (χ0) is 18.7. The molecule has 1 amide bonds. The number of hydrogen-bond acceptors (Lipinski definition) is 3. The Labute approximate surface area is 144 Å². The van der Waals surface area contributed by atoms with Gasteiger partial charge >= 0.3 is 0 Å². The number of nitrogens with zero attached hydrogens (tertiary/aromatic N) is 2. The summed E-state index contributed by atoms with van der Waals surface area (Å²) >= 11 is 0. The Balaban J connectivity index is 1.69. The van der Waals surface area contributed by atoms with Crippen LogP contribution in [0.2, 0.25) is 0 Å². The summed E-state index contributed by atoms with van der Waals surface area (Å²) < 4.78 is 59.1. The van der Waals surface area contributed by atoms with E-state index in [4.69, 9.17) is 4.74 Å². The zero-order valence-electron chi connectivity index (χ0n) is 13.0. The Kier molecular flexibility index (Phi) is 4.87. The van der Waals surface area contributed by atoms with Gasteiger partial charge in [0, 0.05) is 18.0 Å². The van der Waals surface area contributed by atoms with Crippen LogP contribution in [0.3, 0.4) is 0 Å². The van der Waals surface area contributed by atoms with Gasteiger partial charge in [0.25, 0.3) is 5.91 Å². The number of ether oxygens (including phenoxy) is 1. The fourth-order valence-corrected chi connectivity index (χ4v) is 2.08. The summed E-state index contributed by atoms with van der Waals surface area (Å²) in [6, 6.07) is 10.1. The Bertz CT molecular complexity index is 918. The van der Waals surface area contributed by atoms with Crippen LogP contribution in [0.4, 0.5) is 23.2 Å². The number of nitrogens with one attached hydrogen (secondary N) is 1. The second kappa shape index (κ2) is 7.26. The van der Waals surface area contributed by atoms with Gasteiger partial charge in [-0.25, -0.2) is 13.5 Å². The molecular formula is C17H11F4N3O2. The Morgan fingerprint density at radius 1 is 1.04 bits per heavy atom. The molecule has 3 rings (SSSR count). The van der Waals surface area contributed by atoms with Gasteiger partial charge in [-0.05, 0) is 18.2 Å². The van der Waals surface area contributed by atoms with Gasteiger partial charge in [0.1, 0.15) is 0 Å². The van der Waals surface area contributed by atoms with E-state index in [-0.39, 0.29) is 11.8 Å². The molecule has 0 aliphatic rings. The smallest absolute Gasteiger partial charge is 0.276 e. The highest BCUT2D eigenvalue weighted by Crippen LogP contribution is 2.26. The Morgan fingerprint density at radius 3 is 2.35 bits per heavy atom. The lowest BCUT2D eigenvalue weighted by Crippen LogP contribution is -2.14. The van der Waals surface area contributed by atoms with Crippen molar-refractivity contribution >= 4 is 11.6 Å². The molecule has 9 heteroatoms. The molecule has 134 valence electrons. The molecule has 1 heterocycles. The summed E-state index contributed by atoms with van der Waals surface area (Å²) in [7, 11) is 0. The SMILES string of the molecule is O=C(Nc1ccccc1)c1ccn(COc2c(F)c(F)cc(F)c2F)n1.